The van der Waals surface area contributed by atoms with Gasteiger partial charge >= 0.3 is 6.09 Å². The van der Waals surface area contributed by atoms with Crippen molar-refractivity contribution < 1.29 is 19.1 Å². The SMILES string of the molecule is Cc1ccc(CC(=NC(=O)C(Cc2c[nH]cn2)NC(=O)OCc2ccccc2)C(=O)NCC2(c3ccccc3)CCC2)cc1. The van der Waals surface area contributed by atoms with Gasteiger partial charge in [0.25, 0.3) is 11.8 Å². The molecule has 9 nitrogen and oxygen atoms in total. The predicted octanol–water partition coefficient (Wildman–Crippen LogP) is 5.00. The number of nitrogens with one attached hydrogen (secondary N) is 3. The molecule has 3 N–H and O–H groups in total. The molecule has 3 aromatic carbocycles. The van der Waals surface area contributed by atoms with E-state index in [4.69, 9.17) is 4.74 Å². The number of ether oxygens (including phenoxy) is 1. The maximum atomic E-state index is 13.7. The summed E-state index contributed by atoms with van der Waals surface area (Å²) in [6.45, 7) is 2.47. The Bertz CT molecular complexity index is 1560. The number of aromatic amines is 1. The molecule has 0 radical (unpaired) electrons. The number of rotatable bonds is 12. The number of carbonyl (C=O) groups is 3. The van der Waals surface area contributed by atoms with E-state index in [1.165, 1.54) is 11.9 Å². The quantitative estimate of drug-likeness (QED) is 0.200. The largest absolute Gasteiger partial charge is 0.445 e. The first-order valence-corrected chi connectivity index (χ1v) is 14.9. The lowest BCUT2D eigenvalue weighted by atomic mass is 9.64. The minimum atomic E-state index is -1.09. The van der Waals surface area contributed by atoms with Crippen LogP contribution in [-0.2, 0) is 39.2 Å². The molecule has 226 valence electrons. The molecule has 0 bridgehead atoms. The maximum absolute atomic E-state index is 13.7. The van der Waals surface area contributed by atoms with Gasteiger partial charge in [-0.1, -0.05) is 96.9 Å². The van der Waals surface area contributed by atoms with Crippen LogP contribution in [0.25, 0.3) is 0 Å². The molecular weight excluding hydrogens is 554 g/mol. The molecule has 5 rings (SSSR count). The Kier molecular flexibility index (Phi) is 9.96. The fourth-order valence-corrected chi connectivity index (χ4v) is 5.31. The molecule has 0 aliphatic heterocycles. The summed E-state index contributed by atoms with van der Waals surface area (Å²) < 4.78 is 5.37. The van der Waals surface area contributed by atoms with E-state index in [1.54, 1.807) is 6.20 Å². The van der Waals surface area contributed by atoms with Gasteiger partial charge in [0, 0.05) is 31.0 Å². The first-order valence-electron chi connectivity index (χ1n) is 14.9. The molecule has 1 heterocycles. The number of aliphatic imine (C=N–C) groups is 1. The molecule has 1 fully saturated rings. The maximum Gasteiger partial charge on any atom is 0.408 e. The fourth-order valence-electron chi connectivity index (χ4n) is 5.31. The van der Waals surface area contributed by atoms with Crippen molar-refractivity contribution in [1.82, 2.24) is 20.6 Å². The van der Waals surface area contributed by atoms with Gasteiger partial charge in [-0.3, -0.25) is 9.59 Å². The Balaban J connectivity index is 1.34. The lowest BCUT2D eigenvalue weighted by Crippen LogP contribution is -2.48. The van der Waals surface area contributed by atoms with Crippen LogP contribution in [0.1, 0.15) is 47.2 Å². The van der Waals surface area contributed by atoms with E-state index in [1.807, 2.05) is 79.7 Å². The summed E-state index contributed by atoms with van der Waals surface area (Å²) in [5.41, 5.74) is 4.43. The van der Waals surface area contributed by atoms with E-state index in [2.05, 4.69) is 37.7 Å². The molecule has 0 spiro atoms. The first kappa shape index (κ1) is 30.4. The molecule has 1 saturated carbocycles. The van der Waals surface area contributed by atoms with Gasteiger partial charge < -0.3 is 20.4 Å². The summed E-state index contributed by atoms with van der Waals surface area (Å²) in [5, 5.41) is 5.71. The monoisotopic (exact) mass is 591 g/mol. The average Bonchev–Trinajstić information content (AvgIpc) is 3.54. The Morgan fingerprint density at radius 3 is 2.30 bits per heavy atom. The zero-order valence-electron chi connectivity index (χ0n) is 24.8. The highest BCUT2D eigenvalue weighted by molar-refractivity contribution is 6.41. The Morgan fingerprint density at radius 2 is 1.66 bits per heavy atom. The first-order chi connectivity index (χ1) is 21.4. The number of hydrogen-bond donors (Lipinski definition) is 3. The van der Waals surface area contributed by atoms with Crippen LogP contribution in [0.3, 0.4) is 0 Å². The summed E-state index contributed by atoms with van der Waals surface area (Å²) in [7, 11) is 0. The van der Waals surface area contributed by atoms with Gasteiger partial charge in [0.05, 0.1) is 12.0 Å². The third-order valence-electron chi connectivity index (χ3n) is 8.05. The smallest absolute Gasteiger partial charge is 0.408 e. The van der Waals surface area contributed by atoms with Gasteiger partial charge in [-0.2, -0.15) is 0 Å². The van der Waals surface area contributed by atoms with Gasteiger partial charge in [-0.05, 0) is 36.5 Å². The summed E-state index contributed by atoms with van der Waals surface area (Å²) in [6.07, 6.45) is 5.64. The number of aryl methyl sites for hydroxylation is 1. The van der Waals surface area contributed by atoms with Crippen LogP contribution < -0.4 is 10.6 Å². The standard InChI is InChI=1S/C35H37N5O4/c1-25-13-15-26(16-14-25)19-30(32(41)37-23-35(17-8-18-35)28-11-6-3-7-12-28)39-33(42)31(20-29-21-36-24-38-29)40-34(43)44-22-27-9-4-2-5-10-27/h2-7,9-16,21,24,31H,8,17-20,22-23H2,1H3,(H,36,38)(H,37,41)(H,40,43). The second-order valence-corrected chi connectivity index (χ2v) is 11.3. The number of amides is 3. The molecule has 1 aromatic heterocycles. The van der Waals surface area contributed by atoms with E-state index >= 15 is 0 Å². The number of nitrogens with zero attached hydrogens (tertiary/aromatic N) is 2. The number of H-pyrrole nitrogens is 1. The van der Waals surface area contributed by atoms with Gasteiger partial charge in [0.2, 0.25) is 0 Å². The van der Waals surface area contributed by atoms with Crippen molar-refractivity contribution in [1.29, 1.82) is 0 Å². The van der Waals surface area contributed by atoms with E-state index < -0.39 is 23.9 Å². The number of imidazole rings is 1. The van der Waals surface area contributed by atoms with E-state index in [9.17, 15) is 14.4 Å². The topological polar surface area (TPSA) is 126 Å². The molecule has 3 amide bonds. The zero-order chi connectivity index (χ0) is 30.8. The molecular formula is C35H37N5O4. The highest BCUT2D eigenvalue weighted by atomic mass is 16.5. The third kappa shape index (κ3) is 8.06. The Morgan fingerprint density at radius 1 is 0.955 bits per heavy atom. The average molecular weight is 592 g/mol. The van der Waals surface area contributed by atoms with Crippen LogP contribution in [0, 0.1) is 6.92 Å². The van der Waals surface area contributed by atoms with Crippen LogP contribution in [0.2, 0.25) is 0 Å². The minimum absolute atomic E-state index is 0.0451. The molecule has 4 aromatic rings. The second kappa shape index (κ2) is 14.4. The van der Waals surface area contributed by atoms with Crippen LogP contribution in [-0.4, -0.2) is 46.2 Å². The normalized spacial score (nSPS) is 14.6. The van der Waals surface area contributed by atoms with Crippen molar-refractivity contribution in [3.05, 3.63) is 125 Å². The van der Waals surface area contributed by atoms with Crippen LogP contribution in [0.4, 0.5) is 4.79 Å². The minimum Gasteiger partial charge on any atom is -0.445 e. The van der Waals surface area contributed by atoms with Crippen molar-refractivity contribution in [2.24, 2.45) is 4.99 Å². The molecule has 0 saturated heterocycles. The van der Waals surface area contributed by atoms with Gasteiger partial charge in [0.1, 0.15) is 18.4 Å². The lowest BCUT2D eigenvalue weighted by Gasteiger charge is -2.42. The van der Waals surface area contributed by atoms with Crippen molar-refractivity contribution >= 4 is 23.6 Å². The van der Waals surface area contributed by atoms with Gasteiger partial charge in [-0.25, -0.2) is 14.8 Å². The molecule has 1 unspecified atom stereocenters. The number of carbonyl (C=O) groups excluding carboxylic acids is 3. The molecule has 1 aliphatic rings. The molecule has 44 heavy (non-hydrogen) atoms. The summed E-state index contributed by atoms with van der Waals surface area (Å²) in [4.78, 5) is 51.4. The molecule has 1 atom stereocenters. The van der Waals surface area contributed by atoms with Gasteiger partial charge in [-0.15, -0.1) is 0 Å². The van der Waals surface area contributed by atoms with E-state index in [0.29, 0.717) is 12.2 Å². The number of benzene rings is 3. The third-order valence-corrected chi connectivity index (χ3v) is 8.05. The molecule has 1 aliphatic carbocycles. The Labute approximate surface area is 257 Å². The van der Waals surface area contributed by atoms with Crippen molar-refractivity contribution in [3.8, 4) is 0 Å². The highest BCUT2D eigenvalue weighted by Gasteiger charge is 2.39. The van der Waals surface area contributed by atoms with Crippen molar-refractivity contribution in [2.45, 2.75) is 57.1 Å². The highest BCUT2D eigenvalue weighted by Crippen LogP contribution is 2.43. The molecule has 9 heteroatoms. The van der Waals surface area contributed by atoms with Crippen LogP contribution in [0.5, 0.6) is 0 Å². The van der Waals surface area contributed by atoms with E-state index in [0.717, 1.165) is 36.0 Å². The van der Waals surface area contributed by atoms with Crippen LogP contribution in [0.15, 0.2) is 102 Å². The lowest BCUT2D eigenvalue weighted by molar-refractivity contribution is -0.120. The van der Waals surface area contributed by atoms with E-state index in [-0.39, 0.29) is 30.6 Å². The number of hydrogen-bond acceptors (Lipinski definition) is 5. The summed E-state index contributed by atoms with van der Waals surface area (Å²) in [6, 6.07) is 26.1. The van der Waals surface area contributed by atoms with Gasteiger partial charge in [0.15, 0.2) is 0 Å². The summed E-state index contributed by atoms with van der Waals surface area (Å²) in [5.74, 6) is -1.07. The summed E-state index contributed by atoms with van der Waals surface area (Å²) >= 11 is 0. The van der Waals surface area contributed by atoms with Crippen LogP contribution >= 0.6 is 0 Å². The predicted molar refractivity (Wildman–Crippen MR) is 168 cm³/mol. The second-order valence-electron chi connectivity index (χ2n) is 11.3. The Hall–Kier alpha value is -5.05. The van der Waals surface area contributed by atoms with Crippen molar-refractivity contribution in [3.63, 3.8) is 0 Å². The number of aromatic nitrogens is 2. The number of alkyl carbamates (subject to hydrolysis) is 1. The fraction of sp³-hybridized carbons (Fsp3) is 0.286. The zero-order valence-corrected chi connectivity index (χ0v) is 24.8. The van der Waals surface area contributed by atoms with Crippen molar-refractivity contribution in [2.75, 3.05) is 6.54 Å².